The summed E-state index contributed by atoms with van der Waals surface area (Å²) in [5, 5.41) is 4.42. The molecule has 26 heavy (non-hydrogen) atoms. The number of likely N-dealkylation sites (tertiary alicyclic amines) is 1. The molecule has 2 aliphatic rings. The fourth-order valence-electron chi connectivity index (χ4n) is 4.07. The van der Waals surface area contributed by atoms with Gasteiger partial charge in [0.25, 0.3) is 0 Å². The van der Waals surface area contributed by atoms with Crippen LogP contribution in [-0.2, 0) is 9.53 Å². The number of amides is 1. The van der Waals surface area contributed by atoms with E-state index in [1.807, 2.05) is 43.5 Å². The lowest BCUT2D eigenvalue weighted by atomic mass is 9.54. The Labute approximate surface area is 168 Å². The monoisotopic (exact) mass is 406 g/mol. The number of piperidine rings is 1. The van der Waals surface area contributed by atoms with Gasteiger partial charge < -0.3 is 15.4 Å². The van der Waals surface area contributed by atoms with Gasteiger partial charge in [0.2, 0.25) is 5.91 Å². The second-order valence-electron chi connectivity index (χ2n) is 7.89. The molecule has 2 fully saturated rings. The van der Waals surface area contributed by atoms with Gasteiger partial charge in [-0.2, -0.15) is 5.10 Å². The molecule has 0 radical (unpaired) electrons. The van der Waals surface area contributed by atoms with Crippen LogP contribution in [0.4, 0.5) is 0 Å². The Morgan fingerprint density at radius 2 is 2.12 bits per heavy atom. The van der Waals surface area contributed by atoms with Crippen molar-refractivity contribution in [3.8, 4) is 0 Å². The molecule has 0 spiro atoms. The molecule has 1 amide bonds. The highest BCUT2D eigenvalue weighted by Gasteiger charge is 2.63. The van der Waals surface area contributed by atoms with Crippen LogP contribution in [0.25, 0.3) is 0 Å². The van der Waals surface area contributed by atoms with E-state index in [2.05, 4.69) is 11.3 Å². The quantitative estimate of drug-likeness (QED) is 0.833. The van der Waals surface area contributed by atoms with Crippen molar-refractivity contribution in [3.05, 3.63) is 18.0 Å². The maximum atomic E-state index is 13.2. The maximum Gasteiger partial charge on any atom is 0.243 e. The first kappa shape index (κ1) is 23.2. The molecule has 1 aromatic heterocycles. The number of rotatable bonds is 4. The van der Waals surface area contributed by atoms with Crippen LogP contribution in [-0.4, -0.2) is 51.9 Å². The Kier molecular flexibility index (Phi) is 7.56. The first-order valence-corrected chi connectivity index (χ1v) is 9.00. The summed E-state index contributed by atoms with van der Waals surface area (Å²) >= 11 is 0. The average molecular weight is 407 g/mol. The standard InChI is InChI=1S/C18H30N4O2.2ClH/c1-5-24-15-9-18(19,17(15,3)4)16(23)21-8-6-7-14(12-21)22-11-13(2)10-20-22;;/h10-11,14-15H,5-9,12,19H2,1-4H3;2*1H. The number of aryl methyl sites for hydroxylation is 1. The Morgan fingerprint density at radius 1 is 1.42 bits per heavy atom. The Bertz CT molecular complexity index is 622. The Morgan fingerprint density at radius 3 is 2.65 bits per heavy atom. The summed E-state index contributed by atoms with van der Waals surface area (Å²) in [5.74, 6) is 0.0667. The highest BCUT2D eigenvalue weighted by atomic mass is 35.5. The van der Waals surface area contributed by atoms with Crippen molar-refractivity contribution in [2.24, 2.45) is 11.1 Å². The zero-order valence-corrected chi connectivity index (χ0v) is 17.7. The normalized spacial score (nSPS) is 30.0. The topological polar surface area (TPSA) is 73.4 Å². The van der Waals surface area contributed by atoms with Crippen LogP contribution in [0.3, 0.4) is 0 Å². The molecule has 8 heteroatoms. The van der Waals surface area contributed by atoms with Crippen LogP contribution in [0.15, 0.2) is 12.4 Å². The fraction of sp³-hybridized carbons (Fsp3) is 0.778. The molecular formula is C18H32Cl2N4O2. The third-order valence-electron chi connectivity index (χ3n) is 6.00. The largest absolute Gasteiger partial charge is 0.378 e. The first-order valence-electron chi connectivity index (χ1n) is 9.00. The van der Waals surface area contributed by atoms with E-state index >= 15 is 0 Å². The van der Waals surface area contributed by atoms with E-state index in [-0.39, 0.29) is 48.3 Å². The van der Waals surface area contributed by atoms with E-state index in [1.54, 1.807) is 0 Å². The Hall–Kier alpha value is -0.820. The highest BCUT2D eigenvalue weighted by Crippen LogP contribution is 2.50. The third kappa shape index (κ3) is 3.75. The van der Waals surface area contributed by atoms with Gasteiger partial charge in [-0.05, 0) is 32.3 Å². The molecule has 1 saturated carbocycles. The smallest absolute Gasteiger partial charge is 0.243 e. The number of hydrogen-bond acceptors (Lipinski definition) is 4. The zero-order valence-electron chi connectivity index (χ0n) is 16.1. The van der Waals surface area contributed by atoms with Crippen molar-refractivity contribution in [2.45, 2.75) is 64.6 Å². The van der Waals surface area contributed by atoms with E-state index in [0.717, 1.165) is 24.9 Å². The number of carbonyl (C=O) groups is 1. The Balaban J connectivity index is 0.00000169. The van der Waals surface area contributed by atoms with E-state index in [1.165, 1.54) is 0 Å². The molecule has 0 bridgehead atoms. The van der Waals surface area contributed by atoms with Gasteiger partial charge in [-0.3, -0.25) is 9.48 Å². The predicted molar refractivity (Wildman–Crippen MR) is 107 cm³/mol. The minimum atomic E-state index is -0.825. The molecule has 2 heterocycles. The van der Waals surface area contributed by atoms with Crippen LogP contribution in [0, 0.1) is 12.3 Å². The van der Waals surface area contributed by atoms with E-state index < -0.39 is 5.54 Å². The summed E-state index contributed by atoms with van der Waals surface area (Å²) in [6, 6.07) is 0.242. The van der Waals surface area contributed by atoms with Crippen molar-refractivity contribution in [2.75, 3.05) is 19.7 Å². The summed E-state index contributed by atoms with van der Waals surface area (Å²) < 4.78 is 7.75. The summed E-state index contributed by atoms with van der Waals surface area (Å²) in [7, 11) is 0. The lowest BCUT2D eigenvalue weighted by molar-refractivity contribution is -0.180. The van der Waals surface area contributed by atoms with Crippen LogP contribution < -0.4 is 5.73 Å². The van der Waals surface area contributed by atoms with Crippen LogP contribution in [0.5, 0.6) is 0 Å². The number of hydrogen-bond donors (Lipinski definition) is 1. The molecule has 0 aromatic carbocycles. The molecule has 1 aromatic rings. The van der Waals surface area contributed by atoms with Gasteiger partial charge in [-0.1, -0.05) is 13.8 Å². The predicted octanol–water partition coefficient (Wildman–Crippen LogP) is 2.73. The molecule has 150 valence electrons. The third-order valence-corrected chi connectivity index (χ3v) is 6.00. The van der Waals surface area contributed by atoms with Gasteiger partial charge in [-0.15, -0.1) is 24.8 Å². The number of nitrogens with zero attached hydrogens (tertiary/aromatic N) is 3. The number of carbonyl (C=O) groups excluding carboxylic acids is 1. The summed E-state index contributed by atoms with van der Waals surface area (Å²) in [6.07, 6.45) is 6.62. The minimum Gasteiger partial charge on any atom is -0.378 e. The summed E-state index contributed by atoms with van der Waals surface area (Å²) in [6.45, 7) is 10.2. The lowest BCUT2D eigenvalue weighted by Gasteiger charge is -2.59. The molecule has 3 unspecified atom stereocenters. The van der Waals surface area contributed by atoms with Gasteiger partial charge in [0, 0.05) is 37.7 Å². The first-order chi connectivity index (χ1) is 11.3. The van der Waals surface area contributed by atoms with Crippen molar-refractivity contribution in [3.63, 3.8) is 0 Å². The van der Waals surface area contributed by atoms with Gasteiger partial charge in [0.1, 0.15) is 5.54 Å². The number of halogens is 2. The molecule has 3 atom stereocenters. The number of aromatic nitrogens is 2. The summed E-state index contributed by atoms with van der Waals surface area (Å²) in [4.78, 5) is 15.1. The second kappa shape index (κ2) is 8.46. The summed E-state index contributed by atoms with van der Waals surface area (Å²) in [5.41, 5.74) is 6.55. The van der Waals surface area contributed by atoms with Gasteiger partial charge >= 0.3 is 0 Å². The number of ether oxygens (including phenoxy) is 1. The van der Waals surface area contributed by atoms with E-state index in [9.17, 15) is 4.79 Å². The fourth-order valence-corrected chi connectivity index (χ4v) is 4.07. The highest BCUT2D eigenvalue weighted by molar-refractivity contribution is 5.89. The van der Waals surface area contributed by atoms with Crippen molar-refractivity contribution >= 4 is 30.7 Å². The van der Waals surface area contributed by atoms with Crippen LogP contribution in [0.1, 0.15) is 51.6 Å². The van der Waals surface area contributed by atoms with E-state index in [0.29, 0.717) is 19.6 Å². The van der Waals surface area contributed by atoms with Crippen molar-refractivity contribution in [1.82, 2.24) is 14.7 Å². The van der Waals surface area contributed by atoms with Crippen LogP contribution in [0.2, 0.25) is 0 Å². The molecule has 1 aliphatic carbocycles. The van der Waals surface area contributed by atoms with Gasteiger partial charge in [0.05, 0.1) is 18.3 Å². The molecule has 2 N–H and O–H groups in total. The SMILES string of the molecule is CCOC1CC(N)(C(=O)N2CCCC(n3cc(C)cn3)C2)C1(C)C.Cl.Cl. The van der Waals surface area contributed by atoms with E-state index in [4.69, 9.17) is 10.5 Å². The van der Waals surface area contributed by atoms with Crippen molar-refractivity contribution < 1.29 is 9.53 Å². The lowest BCUT2D eigenvalue weighted by Crippen LogP contribution is -2.76. The second-order valence-corrected chi connectivity index (χ2v) is 7.89. The maximum absolute atomic E-state index is 13.2. The average Bonchev–Trinajstić information content (AvgIpc) is 3.00. The number of nitrogens with two attached hydrogens (primary N) is 1. The molecule has 1 aliphatic heterocycles. The molecule has 3 rings (SSSR count). The van der Waals surface area contributed by atoms with Gasteiger partial charge in [0.15, 0.2) is 0 Å². The zero-order chi connectivity index (χ0) is 17.5. The molecular weight excluding hydrogens is 375 g/mol. The van der Waals surface area contributed by atoms with Crippen LogP contribution >= 0.6 is 24.8 Å². The van der Waals surface area contributed by atoms with Crippen molar-refractivity contribution in [1.29, 1.82) is 0 Å². The molecule has 1 saturated heterocycles. The minimum absolute atomic E-state index is 0. The van der Waals surface area contributed by atoms with Gasteiger partial charge in [-0.25, -0.2) is 0 Å². The molecule has 6 nitrogen and oxygen atoms in total.